The second-order valence-electron chi connectivity index (χ2n) is 4.95. The minimum absolute atomic E-state index is 0.370. The summed E-state index contributed by atoms with van der Waals surface area (Å²) in [5, 5.41) is 12.4. The van der Waals surface area contributed by atoms with Crippen LogP contribution in [0.1, 0.15) is 12.0 Å². The fraction of sp³-hybridized carbons (Fsp3) is 0.267. The lowest BCUT2D eigenvalue weighted by Gasteiger charge is -2.19. The maximum atomic E-state index is 8.97. The first kappa shape index (κ1) is 13.8. The lowest BCUT2D eigenvalue weighted by Crippen LogP contribution is -2.26. The van der Waals surface area contributed by atoms with Gasteiger partial charge in [-0.25, -0.2) is 9.97 Å². The van der Waals surface area contributed by atoms with E-state index in [-0.39, 0.29) is 0 Å². The summed E-state index contributed by atoms with van der Waals surface area (Å²) in [5.74, 6) is 0.859. The van der Waals surface area contributed by atoms with Crippen molar-refractivity contribution in [2.24, 2.45) is 0 Å². The van der Waals surface area contributed by atoms with E-state index in [4.69, 9.17) is 5.26 Å². The second kappa shape index (κ2) is 6.10. The number of nitrogens with one attached hydrogen (secondary N) is 1. The van der Waals surface area contributed by atoms with E-state index in [1.54, 1.807) is 12.5 Å². The van der Waals surface area contributed by atoms with Gasteiger partial charge in [-0.3, -0.25) is 0 Å². The van der Waals surface area contributed by atoms with Crippen LogP contribution < -0.4 is 10.2 Å². The SMILES string of the molecule is N#Cc1ccc(N2CCC(Nc3ccncn3)C2)cc1Br. The van der Waals surface area contributed by atoms with Crippen molar-refractivity contribution in [2.75, 3.05) is 23.3 Å². The fourth-order valence-electron chi connectivity index (χ4n) is 2.49. The Bertz CT molecular complexity index is 668. The highest BCUT2D eigenvalue weighted by molar-refractivity contribution is 9.10. The standard InChI is InChI=1S/C15H14BrN5/c16-14-7-13(2-1-11(14)8-17)21-6-4-12(9-21)20-15-3-5-18-10-19-15/h1-3,5,7,10,12H,4,6,9H2,(H,18,19,20). The molecule has 1 N–H and O–H groups in total. The molecule has 0 saturated carbocycles. The minimum Gasteiger partial charge on any atom is -0.369 e. The van der Waals surface area contributed by atoms with Crippen molar-refractivity contribution in [2.45, 2.75) is 12.5 Å². The number of nitrogens with zero attached hydrogens (tertiary/aromatic N) is 4. The van der Waals surface area contributed by atoms with Crippen LogP contribution in [-0.4, -0.2) is 29.1 Å². The van der Waals surface area contributed by atoms with E-state index in [0.29, 0.717) is 11.6 Å². The highest BCUT2D eigenvalue weighted by atomic mass is 79.9. The van der Waals surface area contributed by atoms with E-state index in [1.807, 2.05) is 24.3 Å². The van der Waals surface area contributed by atoms with Gasteiger partial charge in [-0.1, -0.05) is 0 Å². The number of hydrogen-bond donors (Lipinski definition) is 1. The number of nitriles is 1. The van der Waals surface area contributed by atoms with Crippen LogP contribution in [0.15, 0.2) is 41.3 Å². The van der Waals surface area contributed by atoms with Gasteiger partial charge in [0.25, 0.3) is 0 Å². The largest absolute Gasteiger partial charge is 0.369 e. The topological polar surface area (TPSA) is 64.8 Å². The highest BCUT2D eigenvalue weighted by Crippen LogP contribution is 2.27. The Morgan fingerprint density at radius 3 is 3.00 bits per heavy atom. The van der Waals surface area contributed by atoms with Gasteiger partial charge in [0.15, 0.2) is 0 Å². The molecule has 1 atom stereocenters. The van der Waals surface area contributed by atoms with Crippen LogP contribution in [0.5, 0.6) is 0 Å². The minimum atomic E-state index is 0.370. The summed E-state index contributed by atoms with van der Waals surface area (Å²) in [7, 11) is 0. The first-order chi connectivity index (χ1) is 10.3. The molecule has 0 bridgehead atoms. The smallest absolute Gasteiger partial charge is 0.129 e. The zero-order valence-corrected chi connectivity index (χ0v) is 12.9. The molecule has 2 aromatic rings. The molecule has 0 radical (unpaired) electrons. The molecule has 0 spiro atoms. The summed E-state index contributed by atoms with van der Waals surface area (Å²) in [6.07, 6.45) is 4.34. The van der Waals surface area contributed by atoms with E-state index >= 15 is 0 Å². The summed E-state index contributed by atoms with van der Waals surface area (Å²) in [6, 6.07) is 10.3. The van der Waals surface area contributed by atoms with Crippen molar-refractivity contribution in [3.05, 3.63) is 46.8 Å². The van der Waals surface area contributed by atoms with Gasteiger partial charge in [-0.15, -0.1) is 0 Å². The quantitative estimate of drug-likeness (QED) is 0.928. The fourth-order valence-corrected chi connectivity index (χ4v) is 2.94. The van der Waals surface area contributed by atoms with Gasteiger partial charge in [0.2, 0.25) is 0 Å². The number of hydrogen-bond acceptors (Lipinski definition) is 5. The summed E-state index contributed by atoms with van der Waals surface area (Å²) in [4.78, 5) is 10.4. The summed E-state index contributed by atoms with van der Waals surface area (Å²) in [5.41, 5.74) is 1.79. The molecule has 106 valence electrons. The zero-order chi connectivity index (χ0) is 14.7. The Morgan fingerprint density at radius 1 is 1.38 bits per heavy atom. The molecule has 0 aliphatic carbocycles. The van der Waals surface area contributed by atoms with Gasteiger partial charge < -0.3 is 10.2 Å². The van der Waals surface area contributed by atoms with Crippen LogP contribution in [0, 0.1) is 11.3 Å². The van der Waals surface area contributed by atoms with E-state index in [9.17, 15) is 0 Å². The maximum Gasteiger partial charge on any atom is 0.129 e. The lowest BCUT2D eigenvalue weighted by atomic mass is 10.2. The Kier molecular flexibility index (Phi) is 4.02. The van der Waals surface area contributed by atoms with Crippen LogP contribution in [-0.2, 0) is 0 Å². The predicted octanol–water partition coefficient (Wildman–Crippen LogP) is 2.80. The van der Waals surface area contributed by atoms with E-state index in [0.717, 1.165) is 35.5 Å². The number of halogens is 1. The van der Waals surface area contributed by atoms with Crippen LogP contribution in [0.25, 0.3) is 0 Å². The monoisotopic (exact) mass is 343 g/mol. The molecule has 5 nitrogen and oxygen atoms in total. The van der Waals surface area contributed by atoms with Crippen LogP contribution in [0.4, 0.5) is 11.5 Å². The molecular weight excluding hydrogens is 330 g/mol. The molecule has 1 fully saturated rings. The van der Waals surface area contributed by atoms with Gasteiger partial charge in [0, 0.05) is 35.5 Å². The summed E-state index contributed by atoms with van der Waals surface area (Å²) < 4.78 is 0.842. The van der Waals surface area contributed by atoms with Gasteiger partial charge >= 0.3 is 0 Å². The van der Waals surface area contributed by atoms with Gasteiger partial charge in [-0.2, -0.15) is 5.26 Å². The molecule has 1 aliphatic heterocycles. The zero-order valence-electron chi connectivity index (χ0n) is 11.3. The summed E-state index contributed by atoms with van der Waals surface area (Å²) >= 11 is 3.44. The van der Waals surface area contributed by atoms with E-state index in [1.165, 1.54) is 0 Å². The van der Waals surface area contributed by atoms with Crippen molar-refractivity contribution in [3.8, 4) is 6.07 Å². The molecule has 1 aromatic heterocycles. The molecule has 6 heteroatoms. The average molecular weight is 344 g/mol. The molecule has 1 aliphatic rings. The third-order valence-electron chi connectivity index (χ3n) is 3.56. The van der Waals surface area contributed by atoms with Crippen molar-refractivity contribution in [3.63, 3.8) is 0 Å². The van der Waals surface area contributed by atoms with Crippen molar-refractivity contribution in [1.29, 1.82) is 5.26 Å². The second-order valence-corrected chi connectivity index (χ2v) is 5.80. The molecule has 1 aromatic carbocycles. The molecular formula is C15H14BrN5. The molecule has 2 heterocycles. The van der Waals surface area contributed by atoms with Crippen LogP contribution in [0.2, 0.25) is 0 Å². The van der Waals surface area contributed by atoms with Gasteiger partial charge in [0.05, 0.1) is 5.56 Å². The highest BCUT2D eigenvalue weighted by Gasteiger charge is 2.23. The molecule has 1 saturated heterocycles. The van der Waals surface area contributed by atoms with Crippen LogP contribution >= 0.6 is 15.9 Å². The van der Waals surface area contributed by atoms with Crippen molar-refractivity contribution in [1.82, 2.24) is 9.97 Å². The average Bonchev–Trinajstić information content (AvgIpc) is 2.97. The Morgan fingerprint density at radius 2 is 2.29 bits per heavy atom. The number of benzene rings is 1. The third kappa shape index (κ3) is 3.14. The Labute approximate surface area is 131 Å². The van der Waals surface area contributed by atoms with E-state index < -0.39 is 0 Å². The number of rotatable bonds is 3. The molecule has 1 unspecified atom stereocenters. The maximum absolute atomic E-state index is 8.97. The molecule has 3 rings (SSSR count). The Balaban J connectivity index is 1.67. The molecule has 0 amide bonds. The molecule has 21 heavy (non-hydrogen) atoms. The number of anilines is 2. The normalized spacial score (nSPS) is 17.5. The first-order valence-electron chi connectivity index (χ1n) is 6.73. The Hall–Kier alpha value is -2.13. The third-order valence-corrected chi connectivity index (χ3v) is 4.22. The predicted molar refractivity (Wildman–Crippen MR) is 85.1 cm³/mol. The van der Waals surface area contributed by atoms with Gasteiger partial charge in [0.1, 0.15) is 18.2 Å². The van der Waals surface area contributed by atoms with E-state index in [2.05, 4.69) is 42.2 Å². The van der Waals surface area contributed by atoms with Crippen LogP contribution in [0.3, 0.4) is 0 Å². The first-order valence-corrected chi connectivity index (χ1v) is 7.53. The lowest BCUT2D eigenvalue weighted by molar-refractivity contribution is 0.799. The summed E-state index contributed by atoms with van der Waals surface area (Å²) in [6.45, 7) is 1.91. The number of aromatic nitrogens is 2. The van der Waals surface area contributed by atoms with Crippen molar-refractivity contribution >= 4 is 27.4 Å². The van der Waals surface area contributed by atoms with Crippen molar-refractivity contribution < 1.29 is 0 Å². The van der Waals surface area contributed by atoms with Gasteiger partial charge in [-0.05, 0) is 46.6 Å².